The second kappa shape index (κ2) is 8.44. The third-order valence-electron chi connectivity index (χ3n) is 1.95. The quantitative estimate of drug-likeness (QED) is 0.539. The second-order valence-electron chi connectivity index (χ2n) is 3.18. The van der Waals surface area contributed by atoms with Crippen LogP contribution in [0.4, 0.5) is 0 Å². The lowest BCUT2D eigenvalue weighted by Gasteiger charge is -2.16. The van der Waals surface area contributed by atoms with Crippen molar-refractivity contribution in [3.8, 4) is 0 Å². The molecule has 2 N–H and O–H groups in total. The van der Waals surface area contributed by atoms with Crippen molar-refractivity contribution in [1.82, 2.24) is 5.32 Å². The summed E-state index contributed by atoms with van der Waals surface area (Å²) in [6.45, 7) is 3.91. The minimum Gasteiger partial charge on any atom is -0.396 e. The first-order chi connectivity index (χ1) is 6.24. The van der Waals surface area contributed by atoms with E-state index in [-0.39, 0.29) is 12.9 Å². The van der Waals surface area contributed by atoms with E-state index < -0.39 is 0 Å². The maximum absolute atomic E-state index is 8.66. The van der Waals surface area contributed by atoms with E-state index in [1.54, 1.807) is 14.2 Å². The average molecular weight is 191 g/mol. The number of methoxy groups -OCH3 is 2. The largest absolute Gasteiger partial charge is 0.396 e. The molecule has 0 saturated carbocycles. The van der Waals surface area contributed by atoms with E-state index in [1.165, 1.54) is 0 Å². The van der Waals surface area contributed by atoms with Crippen LogP contribution >= 0.6 is 0 Å². The van der Waals surface area contributed by atoms with E-state index in [9.17, 15) is 0 Å². The van der Waals surface area contributed by atoms with Crippen LogP contribution in [0, 0.1) is 5.92 Å². The second-order valence-corrected chi connectivity index (χ2v) is 3.18. The van der Waals surface area contributed by atoms with E-state index in [1.807, 2.05) is 0 Å². The van der Waals surface area contributed by atoms with Crippen molar-refractivity contribution < 1.29 is 14.6 Å². The van der Waals surface area contributed by atoms with Gasteiger partial charge in [0.15, 0.2) is 6.29 Å². The van der Waals surface area contributed by atoms with Crippen molar-refractivity contribution in [3.63, 3.8) is 0 Å². The number of aliphatic hydroxyl groups is 1. The van der Waals surface area contributed by atoms with Crippen molar-refractivity contribution in [1.29, 1.82) is 0 Å². The van der Waals surface area contributed by atoms with Crippen molar-refractivity contribution in [2.24, 2.45) is 5.92 Å². The molecule has 0 rings (SSSR count). The zero-order chi connectivity index (χ0) is 10.1. The molecule has 0 spiro atoms. The van der Waals surface area contributed by atoms with Crippen LogP contribution < -0.4 is 5.32 Å². The Labute approximate surface area is 80.2 Å². The minimum atomic E-state index is -0.179. The molecule has 0 aromatic rings. The molecule has 0 aliphatic carbocycles. The summed E-state index contributed by atoms with van der Waals surface area (Å²) in [6, 6.07) is 0. The predicted octanol–water partition coefficient (Wildman–Crippen LogP) is 0.213. The molecular formula is C9H21NO3. The SMILES string of the molecule is COC(CNCC(C)CCO)OC. The molecule has 0 aromatic carbocycles. The van der Waals surface area contributed by atoms with Gasteiger partial charge in [0.1, 0.15) is 0 Å². The predicted molar refractivity (Wildman–Crippen MR) is 51.5 cm³/mol. The molecule has 4 heteroatoms. The maximum atomic E-state index is 8.66. The summed E-state index contributed by atoms with van der Waals surface area (Å²) >= 11 is 0. The molecule has 0 radical (unpaired) electrons. The van der Waals surface area contributed by atoms with Gasteiger partial charge in [-0.2, -0.15) is 0 Å². The van der Waals surface area contributed by atoms with Gasteiger partial charge in [-0.1, -0.05) is 6.92 Å². The van der Waals surface area contributed by atoms with Gasteiger partial charge in [0.2, 0.25) is 0 Å². The molecule has 1 unspecified atom stereocenters. The van der Waals surface area contributed by atoms with Crippen molar-refractivity contribution in [2.75, 3.05) is 33.9 Å². The molecule has 80 valence electrons. The van der Waals surface area contributed by atoms with E-state index in [0.29, 0.717) is 12.5 Å². The van der Waals surface area contributed by atoms with Crippen LogP contribution in [0.15, 0.2) is 0 Å². The first kappa shape index (κ1) is 12.8. The Kier molecular flexibility index (Phi) is 8.33. The molecule has 1 atom stereocenters. The number of hydrogen-bond acceptors (Lipinski definition) is 4. The van der Waals surface area contributed by atoms with Gasteiger partial charge in [-0.25, -0.2) is 0 Å². The van der Waals surface area contributed by atoms with Gasteiger partial charge < -0.3 is 19.9 Å². The Bertz CT molecular complexity index is 107. The smallest absolute Gasteiger partial charge is 0.169 e. The Morgan fingerprint density at radius 1 is 1.23 bits per heavy atom. The number of ether oxygens (including phenoxy) is 2. The lowest BCUT2D eigenvalue weighted by molar-refractivity contribution is -0.0989. The first-order valence-electron chi connectivity index (χ1n) is 4.61. The lowest BCUT2D eigenvalue weighted by atomic mass is 10.1. The van der Waals surface area contributed by atoms with Gasteiger partial charge in [-0.05, 0) is 18.9 Å². The van der Waals surface area contributed by atoms with Gasteiger partial charge in [-0.15, -0.1) is 0 Å². The molecule has 0 aliphatic heterocycles. The van der Waals surface area contributed by atoms with E-state index in [4.69, 9.17) is 14.6 Å². The summed E-state index contributed by atoms with van der Waals surface area (Å²) in [6.07, 6.45) is 0.652. The summed E-state index contributed by atoms with van der Waals surface area (Å²) in [5, 5.41) is 11.9. The summed E-state index contributed by atoms with van der Waals surface area (Å²) < 4.78 is 10.0. The molecule has 0 aromatic heterocycles. The van der Waals surface area contributed by atoms with Crippen LogP contribution in [-0.2, 0) is 9.47 Å². The highest BCUT2D eigenvalue weighted by atomic mass is 16.7. The number of rotatable bonds is 8. The standard InChI is InChI=1S/C9H21NO3/c1-8(4-5-11)6-10-7-9(12-2)13-3/h8-11H,4-7H2,1-3H3. The van der Waals surface area contributed by atoms with Gasteiger partial charge in [0.05, 0.1) is 0 Å². The Morgan fingerprint density at radius 2 is 1.85 bits per heavy atom. The van der Waals surface area contributed by atoms with Crippen LogP contribution in [0.5, 0.6) is 0 Å². The highest BCUT2D eigenvalue weighted by Crippen LogP contribution is 1.98. The summed E-state index contributed by atoms with van der Waals surface area (Å²) in [5.74, 6) is 0.486. The Hall–Kier alpha value is -0.160. The number of nitrogens with one attached hydrogen (secondary N) is 1. The van der Waals surface area contributed by atoms with Crippen LogP contribution in [-0.4, -0.2) is 45.3 Å². The molecule has 0 bridgehead atoms. The molecule has 13 heavy (non-hydrogen) atoms. The van der Waals surface area contributed by atoms with Gasteiger partial charge in [0.25, 0.3) is 0 Å². The highest BCUT2D eigenvalue weighted by molar-refractivity contribution is 4.57. The van der Waals surface area contributed by atoms with Crippen LogP contribution in [0.2, 0.25) is 0 Å². The normalized spacial score (nSPS) is 13.6. The van der Waals surface area contributed by atoms with E-state index in [0.717, 1.165) is 13.0 Å². The third-order valence-corrected chi connectivity index (χ3v) is 1.95. The molecule has 4 nitrogen and oxygen atoms in total. The van der Waals surface area contributed by atoms with Crippen molar-refractivity contribution in [3.05, 3.63) is 0 Å². The Balaban J connectivity index is 3.32. The van der Waals surface area contributed by atoms with Gasteiger partial charge >= 0.3 is 0 Å². The number of hydrogen-bond donors (Lipinski definition) is 2. The van der Waals surface area contributed by atoms with E-state index >= 15 is 0 Å². The zero-order valence-electron chi connectivity index (χ0n) is 8.75. The highest BCUT2D eigenvalue weighted by Gasteiger charge is 2.05. The van der Waals surface area contributed by atoms with Crippen molar-refractivity contribution >= 4 is 0 Å². The van der Waals surface area contributed by atoms with Crippen LogP contribution in [0.3, 0.4) is 0 Å². The van der Waals surface area contributed by atoms with Crippen LogP contribution in [0.1, 0.15) is 13.3 Å². The minimum absolute atomic E-state index is 0.179. The molecule has 0 fully saturated rings. The average Bonchev–Trinajstić information content (AvgIpc) is 2.13. The lowest BCUT2D eigenvalue weighted by Crippen LogP contribution is -2.32. The molecule has 0 heterocycles. The summed E-state index contributed by atoms with van der Waals surface area (Å²) in [5.41, 5.74) is 0. The monoisotopic (exact) mass is 191 g/mol. The number of aliphatic hydroxyl groups excluding tert-OH is 1. The topological polar surface area (TPSA) is 50.7 Å². The zero-order valence-corrected chi connectivity index (χ0v) is 8.75. The molecular weight excluding hydrogens is 170 g/mol. The summed E-state index contributed by atoms with van der Waals surface area (Å²) in [4.78, 5) is 0. The summed E-state index contributed by atoms with van der Waals surface area (Å²) in [7, 11) is 3.24. The fourth-order valence-electron chi connectivity index (χ4n) is 1.03. The maximum Gasteiger partial charge on any atom is 0.169 e. The van der Waals surface area contributed by atoms with E-state index in [2.05, 4.69) is 12.2 Å². The third kappa shape index (κ3) is 6.95. The Morgan fingerprint density at radius 3 is 2.31 bits per heavy atom. The fraction of sp³-hybridized carbons (Fsp3) is 1.00. The fourth-order valence-corrected chi connectivity index (χ4v) is 1.03. The molecule has 0 saturated heterocycles. The molecule has 0 amide bonds. The van der Waals surface area contributed by atoms with Gasteiger partial charge in [0, 0.05) is 27.4 Å². The molecule has 0 aliphatic rings. The first-order valence-corrected chi connectivity index (χ1v) is 4.61. The van der Waals surface area contributed by atoms with Gasteiger partial charge in [-0.3, -0.25) is 0 Å². The van der Waals surface area contributed by atoms with Crippen LogP contribution in [0.25, 0.3) is 0 Å². The van der Waals surface area contributed by atoms with Crippen molar-refractivity contribution in [2.45, 2.75) is 19.6 Å².